The number of halogens is 2. The molecule has 450 valence electrons. The number of amides is 3. The molecule has 10 atom stereocenters. The molecule has 0 spiro atoms. The van der Waals surface area contributed by atoms with E-state index in [-0.39, 0.29) is 95.2 Å². The lowest BCUT2D eigenvalue weighted by Gasteiger charge is -2.38. The van der Waals surface area contributed by atoms with Gasteiger partial charge in [-0.05, 0) is 45.3 Å². The summed E-state index contributed by atoms with van der Waals surface area (Å²) in [6, 6.07) is 0.310. The van der Waals surface area contributed by atoms with Crippen LogP contribution in [0.2, 0.25) is 5.02 Å². The molecule has 5 aliphatic heterocycles. The first kappa shape index (κ1) is 60.9. The standard InChI is InChI=1S/C59H68ClFN6O17/c1-26-10-9-11-27(2)56(76)64-43-46(65-17-20-81-21-18-65)52(74)39-40(51(43)73)49(71)31(6)54-41(39)55(75)59(7,84-54)82-19-15-37(80-8)28(3)53(30(5)48(70)29(4)47(26)69)83-58(79)62-23-38(68)63-32-14-16-66(24-32)45-36(61)22-34-44(42(45)60)67(33-12-13-33)25-35(50(34)72)57(77)78/h9-11,15,19,22,25-26,28-30,32-33,37,47-48,53,69-71H,12-14,16-18,20-21,23-24H2,1-8H3,(H,62,79)(H,63,68)(H,64,76)(H,77,78)/b10-9+,19-15+,27-11-/t26-,28+,29+,30+,32?,37-,47-,48+,53+,59-/m0/s1. The zero-order chi connectivity index (χ0) is 61.0. The van der Waals surface area contributed by atoms with Gasteiger partial charge >= 0.3 is 17.8 Å². The van der Waals surface area contributed by atoms with E-state index >= 15 is 4.39 Å². The molecule has 7 aliphatic rings. The van der Waals surface area contributed by atoms with E-state index in [4.69, 9.17) is 35.3 Å². The zero-order valence-corrected chi connectivity index (χ0v) is 48.3. The van der Waals surface area contributed by atoms with Gasteiger partial charge in [0.2, 0.25) is 22.9 Å². The summed E-state index contributed by atoms with van der Waals surface area (Å²) in [6.45, 7) is 11.0. The van der Waals surface area contributed by atoms with Crippen LogP contribution in [-0.4, -0.2) is 160 Å². The molecule has 0 radical (unpaired) electrons. The van der Waals surface area contributed by atoms with E-state index in [9.17, 15) is 58.8 Å². The first-order valence-electron chi connectivity index (χ1n) is 27.8. The number of phenolic OH excluding ortho intramolecular Hbond substituents is 1. The highest BCUT2D eigenvalue weighted by Gasteiger charge is 2.53. The SMILES string of the molecule is CO[C@H]1/C=C/O[C@@]2(C)Oc3c(C)c(O)c4c(c3C2=O)C(=O)C(N2CCOCC2)=C(NC(=O)/C(C)=C\C=C\[C@H](C)[C@H](O)[C@@H](C)[C@@H](O)[C@@H](C)[C@H](OC(=O)NCC(=O)NC2CCN(c3c(F)cc5c(=O)c(C(=O)O)cn(C6CC6)c5c3Cl)C2)[C@@H]1C)C4=O. The normalized spacial score (nSPS) is 29.2. The number of phenols is 1. The van der Waals surface area contributed by atoms with Crippen molar-refractivity contribution in [3.05, 3.63) is 109 Å². The average Bonchev–Trinajstić information content (AvgIpc) is 1.96. The fourth-order valence-electron chi connectivity index (χ4n) is 11.8. The van der Waals surface area contributed by atoms with Crippen LogP contribution in [0.5, 0.6) is 11.5 Å². The minimum Gasteiger partial charge on any atom is -0.507 e. The number of methoxy groups -OCH3 is 1. The molecule has 5 bridgehead atoms. The number of carbonyl (C=O) groups excluding carboxylic acids is 6. The summed E-state index contributed by atoms with van der Waals surface area (Å²) in [5, 5.41) is 52.6. The quantitative estimate of drug-likeness (QED) is 0.148. The van der Waals surface area contributed by atoms with E-state index in [1.54, 1.807) is 48.1 Å². The minimum absolute atomic E-state index is 0.0156. The van der Waals surface area contributed by atoms with Crippen LogP contribution in [-0.2, 0) is 28.5 Å². The van der Waals surface area contributed by atoms with Gasteiger partial charge in [0.15, 0.2) is 0 Å². The topological polar surface area (TPSA) is 311 Å². The number of alkyl carbamates (subject to hydrolysis) is 1. The smallest absolute Gasteiger partial charge is 0.407 e. The number of carboxylic acids is 1. The van der Waals surface area contributed by atoms with Crippen molar-refractivity contribution in [2.24, 2.45) is 23.7 Å². The van der Waals surface area contributed by atoms with E-state index in [0.717, 1.165) is 12.3 Å². The molecule has 3 aromatic rings. The molecule has 23 nitrogen and oxygen atoms in total. The maximum atomic E-state index is 15.9. The van der Waals surface area contributed by atoms with Crippen molar-refractivity contribution >= 4 is 69.4 Å². The number of allylic oxidation sites excluding steroid dienone is 4. The van der Waals surface area contributed by atoms with Gasteiger partial charge in [0, 0.05) is 93.3 Å². The lowest BCUT2D eigenvalue weighted by atomic mass is 9.78. The lowest BCUT2D eigenvalue weighted by molar-refractivity contribution is -0.121. The minimum atomic E-state index is -2.20. The second-order valence-corrected chi connectivity index (χ2v) is 22.9. The van der Waals surface area contributed by atoms with Gasteiger partial charge in [-0.3, -0.25) is 28.8 Å². The van der Waals surface area contributed by atoms with Crippen LogP contribution in [0.3, 0.4) is 0 Å². The van der Waals surface area contributed by atoms with Crippen molar-refractivity contribution in [2.45, 2.75) is 110 Å². The Morgan fingerprint density at radius 3 is 2.29 bits per heavy atom. The summed E-state index contributed by atoms with van der Waals surface area (Å²) in [5.41, 5.74) is -3.07. The molecule has 10 rings (SSSR count). The number of aliphatic hydroxyl groups is 2. The van der Waals surface area contributed by atoms with E-state index in [1.165, 1.54) is 52.3 Å². The van der Waals surface area contributed by atoms with Crippen LogP contribution in [0.4, 0.5) is 14.9 Å². The maximum absolute atomic E-state index is 15.9. The summed E-state index contributed by atoms with van der Waals surface area (Å²) in [7, 11) is 1.35. The number of pyridine rings is 1. The number of benzene rings is 2. The number of anilines is 1. The summed E-state index contributed by atoms with van der Waals surface area (Å²) < 4.78 is 47.1. The van der Waals surface area contributed by atoms with Crippen LogP contribution in [0.1, 0.15) is 114 Å². The van der Waals surface area contributed by atoms with E-state index in [2.05, 4.69) is 16.0 Å². The van der Waals surface area contributed by atoms with E-state index in [0.29, 0.717) is 19.3 Å². The van der Waals surface area contributed by atoms with Crippen LogP contribution in [0.15, 0.2) is 64.6 Å². The fraction of sp³-hybridized carbons (Fsp3) is 0.492. The molecule has 2 aromatic carbocycles. The van der Waals surface area contributed by atoms with Crippen LogP contribution >= 0.6 is 11.6 Å². The van der Waals surface area contributed by atoms with Gasteiger partial charge in [-0.25, -0.2) is 14.0 Å². The number of fused-ring (bicyclic) bond motifs is 15. The molecule has 7 N–H and O–H groups in total. The fourth-order valence-corrected chi connectivity index (χ4v) is 12.2. The molecule has 6 heterocycles. The van der Waals surface area contributed by atoms with Gasteiger partial charge in [0.25, 0.3) is 11.7 Å². The lowest BCUT2D eigenvalue weighted by Crippen LogP contribution is -2.49. The summed E-state index contributed by atoms with van der Waals surface area (Å²) >= 11 is 6.86. The molecular formula is C59H68ClFN6O17. The van der Waals surface area contributed by atoms with Gasteiger partial charge in [-0.15, -0.1) is 0 Å². The first-order valence-corrected chi connectivity index (χ1v) is 28.2. The van der Waals surface area contributed by atoms with Gasteiger partial charge in [0.1, 0.15) is 46.9 Å². The van der Waals surface area contributed by atoms with Crippen LogP contribution in [0.25, 0.3) is 10.9 Å². The van der Waals surface area contributed by atoms with E-state index < -0.39 is 147 Å². The number of carboxylic acid groups (broad SMARTS) is 1. The van der Waals surface area contributed by atoms with Crippen molar-refractivity contribution < 1.29 is 82.1 Å². The summed E-state index contributed by atoms with van der Waals surface area (Å²) in [5.74, 6) is -12.8. The second-order valence-electron chi connectivity index (χ2n) is 22.5. The third-order valence-electron chi connectivity index (χ3n) is 16.8. The van der Waals surface area contributed by atoms with Crippen molar-refractivity contribution in [1.82, 2.24) is 25.4 Å². The predicted molar refractivity (Wildman–Crippen MR) is 300 cm³/mol. The predicted octanol–water partition coefficient (Wildman–Crippen LogP) is 4.99. The number of aromatic nitrogens is 1. The van der Waals surface area contributed by atoms with Crippen molar-refractivity contribution in [2.75, 3.05) is 57.9 Å². The largest absolute Gasteiger partial charge is 0.507 e. The summed E-state index contributed by atoms with van der Waals surface area (Å²) in [6.07, 6.45) is 4.10. The second kappa shape index (κ2) is 24.1. The highest BCUT2D eigenvalue weighted by molar-refractivity contribution is 6.38. The number of aromatic hydroxyl groups is 1. The molecule has 2 saturated heterocycles. The number of aliphatic hydroxyl groups excluding tert-OH is 2. The number of hydrogen-bond donors (Lipinski definition) is 7. The number of carbonyl (C=O) groups is 7. The van der Waals surface area contributed by atoms with Crippen LogP contribution in [0, 0.1) is 36.4 Å². The van der Waals surface area contributed by atoms with E-state index in [1.807, 2.05) is 0 Å². The molecule has 2 aliphatic carbocycles. The number of aromatic carboxylic acids is 1. The highest BCUT2D eigenvalue weighted by atomic mass is 35.5. The van der Waals surface area contributed by atoms with Crippen molar-refractivity contribution in [3.8, 4) is 11.5 Å². The van der Waals surface area contributed by atoms with Gasteiger partial charge in [-0.2, -0.15) is 0 Å². The molecular weight excluding hydrogens is 1120 g/mol. The third kappa shape index (κ3) is 11.4. The Hall–Kier alpha value is -7.64. The molecule has 84 heavy (non-hydrogen) atoms. The number of rotatable bonds is 9. The summed E-state index contributed by atoms with van der Waals surface area (Å²) in [4.78, 5) is 114. The third-order valence-corrected chi connectivity index (χ3v) is 17.2. The molecule has 3 fully saturated rings. The molecule has 1 saturated carbocycles. The zero-order valence-electron chi connectivity index (χ0n) is 47.6. The van der Waals surface area contributed by atoms with Gasteiger partial charge < -0.3 is 74.4 Å². The molecule has 25 heteroatoms. The Bertz CT molecular complexity index is 3440. The Labute approximate surface area is 487 Å². The van der Waals surface area contributed by atoms with Gasteiger partial charge in [0.05, 0.1) is 76.1 Å². The number of ether oxygens (including phenoxy) is 5. The van der Waals surface area contributed by atoms with Crippen molar-refractivity contribution in [3.63, 3.8) is 0 Å². The Kier molecular flexibility index (Phi) is 17.5. The van der Waals surface area contributed by atoms with Crippen LogP contribution < -0.4 is 31.0 Å². The maximum Gasteiger partial charge on any atom is 0.407 e. The number of hydrogen-bond acceptors (Lipinski definition) is 18. The number of Topliss-reactive ketones (excluding diaryl/α,β-unsaturated/α-hetero) is 3. The van der Waals surface area contributed by atoms with Gasteiger partial charge in [-0.1, -0.05) is 57.5 Å². The first-order chi connectivity index (χ1) is 39.8. The molecule has 3 amide bonds. The average molecular weight is 1190 g/mol. The Balaban J connectivity index is 0.952. The monoisotopic (exact) mass is 1190 g/mol. The number of nitrogens with one attached hydrogen (secondary N) is 3. The highest BCUT2D eigenvalue weighted by Crippen LogP contribution is 2.49. The number of nitrogens with zero attached hydrogens (tertiary/aromatic N) is 3. The molecule has 1 aromatic heterocycles. The Morgan fingerprint density at radius 1 is 0.917 bits per heavy atom. The van der Waals surface area contributed by atoms with Crippen molar-refractivity contribution in [1.29, 1.82) is 0 Å². The number of ketones is 3. The number of morpholine rings is 1. The Morgan fingerprint density at radius 2 is 1.62 bits per heavy atom. The molecule has 1 unspecified atom stereocenters.